The highest BCUT2D eigenvalue weighted by Crippen LogP contribution is 2.39. The van der Waals surface area contributed by atoms with Gasteiger partial charge >= 0.3 is 0 Å². The van der Waals surface area contributed by atoms with Gasteiger partial charge in [-0.2, -0.15) is 0 Å². The van der Waals surface area contributed by atoms with Gasteiger partial charge in [-0.1, -0.05) is 54.7 Å². The molecule has 75 valence electrons. The normalized spacial score (nSPS) is 41.1. The lowest BCUT2D eigenvalue weighted by Gasteiger charge is -2.31. The molecule has 0 spiro atoms. The summed E-state index contributed by atoms with van der Waals surface area (Å²) in [5, 5.41) is 0. The van der Waals surface area contributed by atoms with Gasteiger partial charge in [-0.25, -0.2) is 0 Å². The van der Waals surface area contributed by atoms with Crippen LogP contribution in [0.1, 0.15) is 6.42 Å². The Morgan fingerprint density at radius 3 is 2.47 bits per heavy atom. The summed E-state index contributed by atoms with van der Waals surface area (Å²) >= 11 is 0. The Labute approximate surface area is 91.4 Å². The first-order valence-corrected chi connectivity index (χ1v) is 5.73. The van der Waals surface area contributed by atoms with Gasteiger partial charge < -0.3 is 0 Å². The summed E-state index contributed by atoms with van der Waals surface area (Å²) in [6, 6.07) is 0. The Balaban J connectivity index is 1.96. The molecule has 3 aliphatic carbocycles. The van der Waals surface area contributed by atoms with Crippen molar-refractivity contribution >= 4 is 0 Å². The SMILES string of the molecule is [C]1=CCC2C=CC=CC2C2C=CC=CC12. The van der Waals surface area contributed by atoms with Crippen LogP contribution in [-0.4, -0.2) is 0 Å². The Hall–Kier alpha value is -1.30. The van der Waals surface area contributed by atoms with Crippen molar-refractivity contribution in [3.05, 3.63) is 60.8 Å². The zero-order valence-electron chi connectivity index (χ0n) is 8.71. The van der Waals surface area contributed by atoms with Crippen LogP contribution in [0, 0.1) is 29.7 Å². The second kappa shape index (κ2) is 3.69. The Morgan fingerprint density at radius 1 is 0.800 bits per heavy atom. The molecule has 0 aromatic carbocycles. The van der Waals surface area contributed by atoms with E-state index in [9.17, 15) is 0 Å². The van der Waals surface area contributed by atoms with Crippen LogP contribution in [-0.2, 0) is 0 Å². The van der Waals surface area contributed by atoms with Crippen LogP contribution >= 0.6 is 0 Å². The standard InChI is InChI=1S/C15H15/c1-3-10-14-12(6-1)8-5-9-13-7-2-4-11-15(13)14/h1-7,10-15H,8H2. The molecule has 3 rings (SSSR count). The number of hydrogen-bond acceptors (Lipinski definition) is 0. The molecule has 0 aromatic rings. The molecule has 15 heavy (non-hydrogen) atoms. The van der Waals surface area contributed by atoms with Crippen LogP contribution in [0.25, 0.3) is 0 Å². The monoisotopic (exact) mass is 195 g/mol. The molecule has 0 nitrogen and oxygen atoms in total. The maximum absolute atomic E-state index is 3.51. The molecule has 0 N–H and O–H groups in total. The van der Waals surface area contributed by atoms with Crippen molar-refractivity contribution in [3.63, 3.8) is 0 Å². The van der Waals surface area contributed by atoms with E-state index in [1.54, 1.807) is 0 Å². The molecule has 3 aliphatic rings. The maximum Gasteiger partial charge on any atom is 0.00895 e. The largest absolute Gasteiger partial charge is 0.0805 e. The third-order valence-electron chi connectivity index (χ3n) is 3.62. The summed E-state index contributed by atoms with van der Waals surface area (Å²) in [4.78, 5) is 0. The first kappa shape index (κ1) is 8.96. The summed E-state index contributed by atoms with van der Waals surface area (Å²) in [6.07, 6.45) is 24.9. The third kappa shape index (κ3) is 1.54. The van der Waals surface area contributed by atoms with Crippen LogP contribution in [0.4, 0.5) is 0 Å². The van der Waals surface area contributed by atoms with Crippen molar-refractivity contribution in [2.45, 2.75) is 6.42 Å². The predicted octanol–water partition coefficient (Wildman–Crippen LogP) is 3.47. The molecule has 4 unspecified atom stereocenters. The molecule has 0 fully saturated rings. The van der Waals surface area contributed by atoms with E-state index in [4.69, 9.17) is 0 Å². The average molecular weight is 195 g/mol. The van der Waals surface area contributed by atoms with Crippen molar-refractivity contribution in [1.29, 1.82) is 0 Å². The maximum atomic E-state index is 3.51. The number of allylic oxidation sites excluding steroid dienone is 10. The molecule has 1 radical (unpaired) electrons. The molecular formula is C15H15. The number of rotatable bonds is 0. The Morgan fingerprint density at radius 2 is 1.53 bits per heavy atom. The van der Waals surface area contributed by atoms with Crippen LogP contribution in [0.3, 0.4) is 0 Å². The van der Waals surface area contributed by atoms with Crippen molar-refractivity contribution < 1.29 is 0 Å². The lowest BCUT2D eigenvalue weighted by molar-refractivity contribution is 0.343. The van der Waals surface area contributed by atoms with Crippen LogP contribution in [0.15, 0.2) is 54.7 Å². The molecule has 0 aromatic heterocycles. The number of hydrogen-bond donors (Lipinski definition) is 0. The molecular weight excluding hydrogens is 180 g/mol. The van der Waals surface area contributed by atoms with Gasteiger partial charge in [0.15, 0.2) is 0 Å². The molecule has 4 atom stereocenters. The fraction of sp³-hybridized carbons (Fsp3) is 0.333. The van der Waals surface area contributed by atoms with Gasteiger partial charge in [0, 0.05) is 5.92 Å². The topological polar surface area (TPSA) is 0 Å². The van der Waals surface area contributed by atoms with E-state index in [1.807, 2.05) is 0 Å². The van der Waals surface area contributed by atoms with Gasteiger partial charge in [-0.3, -0.25) is 0 Å². The lowest BCUT2D eigenvalue weighted by Crippen LogP contribution is -2.24. The third-order valence-corrected chi connectivity index (χ3v) is 3.62. The van der Waals surface area contributed by atoms with Crippen molar-refractivity contribution in [1.82, 2.24) is 0 Å². The van der Waals surface area contributed by atoms with Gasteiger partial charge in [0.1, 0.15) is 0 Å². The van der Waals surface area contributed by atoms with Gasteiger partial charge in [-0.15, -0.1) is 0 Å². The second-order valence-electron chi connectivity index (χ2n) is 4.49. The zero-order chi connectivity index (χ0) is 10.1. The summed E-state index contributed by atoms with van der Waals surface area (Å²) in [6.45, 7) is 0. The smallest absolute Gasteiger partial charge is 0.00895 e. The second-order valence-corrected chi connectivity index (χ2v) is 4.49. The van der Waals surface area contributed by atoms with Gasteiger partial charge in [-0.05, 0) is 30.3 Å². The molecule has 0 saturated carbocycles. The lowest BCUT2D eigenvalue weighted by atomic mass is 9.73. The van der Waals surface area contributed by atoms with Gasteiger partial charge in [0.05, 0.1) is 0 Å². The Bertz CT molecular complexity index is 379. The predicted molar refractivity (Wildman–Crippen MR) is 63.0 cm³/mol. The van der Waals surface area contributed by atoms with E-state index >= 15 is 0 Å². The minimum Gasteiger partial charge on any atom is -0.0805 e. The molecule has 0 heteroatoms. The summed E-state index contributed by atoms with van der Waals surface area (Å²) < 4.78 is 0. The molecule has 0 amide bonds. The zero-order valence-corrected chi connectivity index (χ0v) is 8.71. The molecule has 0 bridgehead atoms. The average Bonchev–Trinajstić information content (AvgIpc) is 2.48. The summed E-state index contributed by atoms with van der Waals surface area (Å²) in [7, 11) is 0. The minimum absolute atomic E-state index is 0.487. The van der Waals surface area contributed by atoms with Crippen LogP contribution in [0.5, 0.6) is 0 Å². The summed E-state index contributed by atoms with van der Waals surface area (Å²) in [5.74, 6) is 2.43. The quantitative estimate of drug-likeness (QED) is 0.555. The fourth-order valence-electron chi connectivity index (χ4n) is 2.82. The first-order chi connectivity index (χ1) is 7.45. The number of fused-ring (bicyclic) bond motifs is 3. The molecule has 0 saturated heterocycles. The van der Waals surface area contributed by atoms with E-state index in [1.165, 1.54) is 0 Å². The highest BCUT2D eigenvalue weighted by Gasteiger charge is 2.31. The van der Waals surface area contributed by atoms with Crippen molar-refractivity contribution in [2.24, 2.45) is 23.7 Å². The highest BCUT2D eigenvalue weighted by molar-refractivity contribution is 5.25. The Kier molecular flexibility index (Phi) is 2.21. The van der Waals surface area contributed by atoms with Crippen LogP contribution in [0.2, 0.25) is 0 Å². The van der Waals surface area contributed by atoms with Gasteiger partial charge in [0.2, 0.25) is 0 Å². The van der Waals surface area contributed by atoms with E-state index in [0.717, 1.165) is 6.42 Å². The summed E-state index contributed by atoms with van der Waals surface area (Å²) in [5.41, 5.74) is 0. The van der Waals surface area contributed by atoms with E-state index in [2.05, 4.69) is 60.8 Å². The van der Waals surface area contributed by atoms with E-state index in [0.29, 0.717) is 23.7 Å². The molecule has 0 heterocycles. The minimum atomic E-state index is 0.487. The first-order valence-electron chi connectivity index (χ1n) is 5.73. The van der Waals surface area contributed by atoms with Crippen molar-refractivity contribution in [3.8, 4) is 0 Å². The van der Waals surface area contributed by atoms with Crippen molar-refractivity contribution in [2.75, 3.05) is 0 Å². The highest BCUT2D eigenvalue weighted by atomic mass is 14.3. The van der Waals surface area contributed by atoms with Crippen LogP contribution < -0.4 is 0 Å². The fourth-order valence-corrected chi connectivity index (χ4v) is 2.82. The molecule has 0 aliphatic heterocycles. The van der Waals surface area contributed by atoms with Gasteiger partial charge in [0.25, 0.3) is 0 Å². The van der Waals surface area contributed by atoms with E-state index < -0.39 is 0 Å². The van der Waals surface area contributed by atoms with E-state index in [-0.39, 0.29) is 0 Å².